The van der Waals surface area contributed by atoms with Crippen molar-refractivity contribution in [1.29, 1.82) is 0 Å². The van der Waals surface area contributed by atoms with Crippen molar-refractivity contribution in [2.45, 2.75) is 170 Å². The molecule has 21 heteroatoms. The Morgan fingerprint density at radius 2 is 0.903 bits per heavy atom. The van der Waals surface area contributed by atoms with Crippen LogP contribution in [0.5, 0.6) is 0 Å². The molecule has 16 nitrogen and oxygen atoms in total. The molecular weight excluding hydrogens is 1580 g/mol. The van der Waals surface area contributed by atoms with E-state index in [0.29, 0.717) is 37.1 Å². The van der Waals surface area contributed by atoms with Crippen LogP contribution in [0.2, 0.25) is 0 Å². The third-order valence-electron chi connectivity index (χ3n) is 14.6. The molecule has 6 radical (unpaired) electrons. The Morgan fingerprint density at radius 1 is 0.556 bits per heavy atom. The summed E-state index contributed by atoms with van der Waals surface area (Å²) in [5.41, 5.74) is 0. The largest absolute Gasteiger partial charge is 1.00 e. The Hall–Kier alpha value is 3.11. The fraction of sp³-hybridized carbons (Fsp3) is 0.922. The first kappa shape index (κ1) is 86.4. The molecule has 2 unspecified atom stereocenters. The number of ether oxygens (including phenoxy) is 3. The van der Waals surface area contributed by atoms with E-state index in [-0.39, 0.29) is 192 Å². The molecule has 4 saturated heterocycles. The maximum Gasteiger partial charge on any atom is 1.00 e. The number of ketones is 1. The van der Waals surface area contributed by atoms with Gasteiger partial charge in [-0.25, -0.2) is 0 Å². The van der Waals surface area contributed by atoms with E-state index in [2.05, 4.69) is 63.0 Å². The number of esters is 3. The van der Waals surface area contributed by atoms with Gasteiger partial charge in [-0.2, -0.15) is 0 Å². The summed E-state index contributed by atoms with van der Waals surface area (Å²) < 4.78 is 12.3. The van der Waals surface area contributed by atoms with E-state index < -0.39 is 0 Å². The molecule has 7 aliphatic rings. The third-order valence-corrected chi connectivity index (χ3v) is 14.6. The Morgan fingerprint density at radius 3 is 1.17 bits per heavy atom. The molecule has 0 aromatic carbocycles. The first-order valence-corrected chi connectivity index (χ1v) is 25.8. The Balaban J connectivity index is -0.000000185. The van der Waals surface area contributed by atoms with Gasteiger partial charge in [0.25, 0.3) is 0 Å². The van der Waals surface area contributed by atoms with Crippen LogP contribution in [0.15, 0.2) is 0 Å². The van der Waals surface area contributed by atoms with Crippen molar-refractivity contribution in [1.82, 2.24) is 20.0 Å². The Labute approximate surface area is 568 Å². The molecule has 3 saturated carbocycles. The van der Waals surface area contributed by atoms with Crippen molar-refractivity contribution in [2.75, 3.05) is 93.4 Å². The van der Waals surface area contributed by atoms with Crippen LogP contribution in [0.3, 0.4) is 0 Å². The zero-order valence-electron chi connectivity index (χ0n) is 47.2. The molecule has 8 atom stereocenters. The predicted molar refractivity (Wildman–Crippen MR) is 271 cm³/mol. The van der Waals surface area contributed by atoms with Crippen molar-refractivity contribution in [3.63, 3.8) is 0 Å². The molecule has 7 rings (SSSR count). The van der Waals surface area contributed by atoms with Crippen molar-refractivity contribution < 1.29 is 221 Å². The van der Waals surface area contributed by atoms with Crippen LogP contribution in [0.25, 0.3) is 0 Å². The first-order chi connectivity index (χ1) is 32.6. The standard InChI is InChI=1S/C18H34N2.C12H23NO.C7H12O2.C5H11N.3C3H6O2.3Ac.BHO.Na.H2O2/c1-15-6-10-19(11-7-15)14-17-13-18(12-16(17)2)20-8-4-3-5-9-20;1-10-7-12(8-11(10)9-14)13-5-3-2-4-6-13;1-5-2-7(9)3-6(5)4-8;1-2-4-6-5-3-1;3*1-3(4)5-2;;;;1-2;;1-2/h15-18H,3-14H2,1-2H3;10-12,14H,2-9H2,1H3;5-6,8H,2-4H2,1H3;6H,1-5H2;3*1-2H3;;;;2H;;1-2H/q;;;;;;;;;;-1;+1;/t16-,17+,18?;10-,11+,12?;5-,6+;;;;;;;;;;/m000........../s1. The van der Waals surface area contributed by atoms with E-state index in [4.69, 9.17) is 20.6 Å². The van der Waals surface area contributed by atoms with Crippen molar-refractivity contribution in [3.8, 4) is 0 Å². The molecule has 6 N–H and O–H groups in total. The maximum atomic E-state index is 10.7. The number of methoxy groups -OCH3 is 3. The predicted octanol–water partition coefficient (Wildman–Crippen LogP) is 3.47. The SMILES string of the molecule is C1CCNCC1.CC1CCN(C[C@H]2CC(N3CCCCC3)C[C@@H]2C)CC1.COC(C)=O.COC(C)=O.COC(C)=O.C[C@H]1CC(=O)C[C@@H]1CO.C[C@H]1CC(N2CCCCC2)C[C@@H]1CO.OO.[Ac].[Ac].[Ac].[B-]O.[Na+]. The topological polar surface area (TPSA) is 219 Å². The van der Waals surface area contributed by atoms with E-state index >= 15 is 0 Å². The second-order valence-electron chi connectivity index (χ2n) is 19.8. The molecule has 4 heterocycles. The van der Waals surface area contributed by atoms with Gasteiger partial charge in [-0.1, -0.05) is 47.0 Å². The summed E-state index contributed by atoms with van der Waals surface area (Å²) >= 11 is 0. The average molecular weight is 1680 g/mol. The van der Waals surface area contributed by atoms with Crippen LogP contribution in [-0.2, 0) is 33.4 Å². The van der Waals surface area contributed by atoms with Crippen LogP contribution < -0.4 is 34.9 Å². The van der Waals surface area contributed by atoms with Crippen LogP contribution in [0, 0.1) is 174 Å². The minimum Gasteiger partial charge on any atom is -0.715 e. The van der Waals surface area contributed by atoms with Gasteiger partial charge in [0.2, 0.25) is 0 Å². The number of nitrogens with zero attached hydrogens (tertiary/aromatic N) is 3. The van der Waals surface area contributed by atoms with Crippen LogP contribution in [-0.4, -0.2) is 178 Å². The van der Waals surface area contributed by atoms with Gasteiger partial charge in [-0.3, -0.25) is 29.7 Å². The number of hydrogen-bond donors (Lipinski definition) is 6. The first-order valence-electron chi connectivity index (χ1n) is 25.8. The van der Waals surface area contributed by atoms with Gasteiger partial charge in [0, 0.05) is 198 Å². The molecular formula is C51H101Ac3BN4NaO12. The molecule has 7 fully saturated rings. The van der Waals surface area contributed by atoms with E-state index in [1.54, 1.807) is 0 Å². The summed E-state index contributed by atoms with van der Waals surface area (Å²) in [7, 11) is 7.55. The number of rotatable bonds is 6. The number of aliphatic hydroxyl groups excluding tert-OH is 2. The third kappa shape index (κ3) is 43.9. The Bertz CT molecular complexity index is 1210. The Kier molecular flexibility index (Phi) is 68.8. The molecule has 0 aromatic rings. The number of hydrogen-bond acceptors (Lipinski definition) is 16. The number of nitrogens with one attached hydrogen (secondary N) is 1. The van der Waals surface area contributed by atoms with Crippen molar-refractivity contribution >= 4 is 31.7 Å². The van der Waals surface area contributed by atoms with E-state index in [0.717, 1.165) is 35.8 Å². The summed E-state index contributed by atoms with van der Waals surface area (Å²) in [6.45, 7) is 25.9. The van der Waals surface area contributed by atoms with Gasteiger partial charge in [-0.15, -0.1) is 0 Å². The molecule has 0 spiro atoms. The fourth-order valence-corrected chi connectivity index (χ4v) is 10.00. The second-order valence-corrected chi connectivity index (χ2v) is 19.8. The fourth-order valence-electron chi connectivity index (χ4n) is 10.00. The smallest absolute Gasteiger partial charge is 0.715 e. The van der Waals surface area contributed by atoms with Gasteiger partial charge in [0.05, 0.1) is 21.3 Å². The molecule has 0 amide bonds. The van der Waals surface area contributed by atoms with Gasteiger partial charge >= 0.3 is 47.5 Å². The number of carbonyl (C=O) groups excluding carboxylic acids is 4. The molecule has 410 valence electrons. The van der Waals surface area contributed by atoms with Gasteiger partial charge in [-0.05, 0) is 171 Å². The molecule has 72 heavy (non-hydrogen) atoms. The van der Waals surface area contributed by atoms with E-state index in [9.17, 15) is 24.3 Å². The average Bonchev–Trinajstić information content (AvgIpc) is 4.06. The number of Topliss-reactive ketones (excluding diaryl/α,β-unsaturated/α-hetero) is 1. The molecule has 4 aliphatic heterocycles. The van der Waals surface area contributed by atoms with Crippen LogP contribution in [0.4, 0.5) is 0 Å². The van der Waals surface area contributed by atoms with Crippen LogP contribution >= 0.6 is 0 Å². The summed E-state index contributed by atoms with van der Waals surface area (Å²) in [5.74, 6) is 4.40. The second kappa shape index (κ2) is 57.3. The minimum absolute atomic E-state index is 0. The minimum atomic E-state index is -0.245. The summed E-state index contributed by atoms with van der Waals surface area (Å²) in [6.07, 6.45) is 22.4. The summed E-state index contributed by atoms with van der Waals surface area (Å²) in [5, 5.41) is 39.7. The maximum absolute atomic E-state index is 10.7. The van der Waals surface area contributed by atoms with Gasteiger partial charge < -0.3 is 57.5 Å². The van der Waals surface area contributed by atoms with Gasteiger partial charge in [0.1, 0.15) is 5.78 Å². The van der Waals surface area contributed by atoms with Crippen LogP contribution in [0.1, 0.15) is 158 Å². The number of piperidine rings is 4. The molecule has 0 aromatic heterocycles. The number of carbonyl (C=O) groups is 4. The van der Waals surface area contributed by atoms with E-state index in [1.807, 2.05) is 6.92 Å². The van der Waals surface area contributed by atoms with Gasteiger partial charge in [0.15, 0.2) is 0 Å². The zero-order valence-corrected chi connectivity index (χ0v) is 63.5. The zero-order chi connectivity index (χ0) is 51.9. The molecule has 0 bridgehead atoms. The normalized spacial score (nSPS) is 26.5. The van der Waals surface area contributed by atoms with Crippen molar-refractivity contribution in [2.24, 2.45) is 41.4 Å². The van der Waals surface area contributed by atoms with E-state index in [1.165, 1.54) is 197 Å². The number of likely N-dealkylation sites (tertiary alicyclic amines) is 3. The molecule has 3 aliphatic carbocycles. The summed E-state index contributed by atoms with van der Waals surface area (Å²) in [4.78, 5) is 47.7. The monoisotopic (exact) mass is 1680 g/mol. The summed E-state index contributed by atoms with van der Waals surface area (Å²) in [6, 6.07) is 1.70. The quantitative estimate of drug-likeness (QED) is 0.0738. The van der Waals surface area contributed by atoms with Crippen molar-refractivity contribution in [3.05, 3.63) is 0 Å². The number of aliphatic hydroxyl groups is 2.